The van der Waals surface area contributed by atoms with Crippen LogP contribution >= 0.6 is 0 Å². The summed E-state index contributed by atoms with van der Waals surface area (Å²) in [6.45, 7) is 13.6. The van der Waals surface area contributed by atoms with Crippen LogP contribution in [0, 0.1) is 5.82 Å². The average molecular weight is 297 g/mol. The van der Waals surface area contributed by atoms with Crippen LogP contribution < -0.4 is 5.19 Å². The third kappa shape index (κ3) is 2.46. The maximum absolute atomic E-state index is 13.5. The Balaban J connectivity index is 2.56. The van der Waals surface area contributed by atoms with Gasteiger partial charge in [-0.15, -0.1) is 0 Å². The van der Waals surface area contributed by atoms with Crippen LogP contribution in [-0.4, -0.2) is 16.6 Å². The molecule has 0 saturated carbocycles. The first-order valence-corrected chi connectivity index (χ1v) is 12.4. The summed E-state index contributed by atoms with van der Waals surface area (Å²) in [7, 11) is -3.78. The van der Waals surface area contributed by atoms with E-state index in [9.17, 15) is 4.39 Å². The lowest BCUT2D eigenvalue weighted by Crippen LogP contribution is -2.64. The topological polar surface area (TPSA) is 9.23 Å². The predicted molar refractivity (Wildman–Crippen MR) is 84.3 cm³/mol. The van der Waals surface area contributed by atoms with Gasteiger partial charge in [0.15, 0.2) is 8.32 Å². The second-order valence-electron chi connectivity index (χ2n) is 6.85. The fourth-order valence-corrected chi connectivity index (χ4v) is 14.5. The standard InChI is InChI=1S/C15H25FOSi2/c1-11(2)19(12(3)4)10-13-7-8-14(16)9-15(13)18(5,6)17-19/h7-9,11-12H,10H2,1-6H3. The van der Waals surface area contributed by atoms with E-state index in [1.807, 2.05) is 6.07 Å². The van der Waals surface area contributed by atoms with Crippen molar-refractivity contribution in [1.29, 1.82) is 0 Å². The molecule has 1 nitrogen and oxygen atoms in total. The minimum absolute atomic E-state index is 0.133. The highest BCUT2D eigenvalue weighted by Gasteiger charge is 2.50. The van der Waals surface area contributed by atoms with E-state index < -0.39 is 16.6 Å². The minimum Gasteiger partial charge on any atom is -0.451 e. The molecule has 0 spiro atoms. The highest BCUT2D eigenvalue weighted by atomic mass is 28.4. The summed E-state index contributed by atoms with van der Waals surface area (Å²) in [5, 5.41) is 1.16. The molecule has 1 heterocycles. The predicted octanol–water partition coefficient (Wildman–Crippen LogP) is 4.12. The van der Waals surface area contributed by atoms with Crippen LogP contribution in [0.4, 0.5) is 4.39 Å². The van der Waals surface area contributed by atoms with Gasteiger partial charge in [0.05, 0.1) is 0 Å². The molecule has 1 aromatic carbocycles. The Labute approximate surface area is 118 Å². The normalized spacial score (nSPS) is 20.7. The van der Waals surface area contributed by atoms with E-state index in [0.717, 1.165) is 11.2 Å². The molecule has 0 amide bonds. The van der Waals surface area contributed by atoms with Crippen molar-refractivity contribution in [3.8, 4) is 0 Å². The quantitative estimate of drug-likeness (QED) is 0.746. The summed E-state index contributed by atoms with van der Waals surface area (Å²) in [6, 6.07) is 6.35. The van der Waals surface area contributed by atoms with E-state index in [1.54, 1.807) is 12.1 Å². The fourth-order valence-electron chi connectivity index (χ4n) is 3.44. The highest BCUT2D eigenvalue weighted by Crippen LogP contribution is 2.41. The van der Waals surface area contributed by atoms with Crippen LogP contribution in [0.3, 0.4) is 0 Å². The second-order valence-corrected chi connectivity index (χ2v) is 15.8. The molecule has 0 N–H and O–H groups in total. The number of benzene rings is 1. The zero-order valence-electron chi connectivity index (χ0n) is 12.9. The molecule has 1 aliphatic heterocycles. The van der Waals surface area contributed by atoms with Crippen molar-refractivity contribution in [2.24, 2.45) is 0 Å². The van der Waals surface area contributed by atoms with Crippen LogP contribution in [-0.2, 0) is 10.2 Å². The highest BCUT2D eigenvalue weighted by molar-refractivity contribution is 6.95. The maximum Gasteiger partial charge on any atom is 0.206 e. The van der Waals surface area contributed by atoms with Crippen LogP contribution in [0.25, 0.3) is 0 Å². The molecule has 4 heteroatoms. The third-order valence-electron chi connectivity index (χ3n) is 4.59. The molecule has 0 radical (unpaired) electrons. The van der Waals surface area contributed by atoms with Crippen molar-refractivity contribution in [3.05, 3.63) is 29.6 Å². The molecular weight excluding hydrogens is 271 g/mol. The number of rotatable bonds is 2. The van der Waals surface area contributed by atoms with Crippen molar-refractivity contribution in [2.45, 2.75) is 57.9 Å². The molecule has 106 valence electrons. The SMILES string of the molecule is CC(C)[Si]1(C(C)C)Cc2ccc(F)cc2[Si](C)(C)O1. The zero-order chi connectivity index (χ0) is 14.4. The molecule has 0 bridgehead atoms. The van der Waals surface area contributed by atoms with E-state index in [2.05, 4.69) is 40.8 Å². The number of hydrogen-bond donors (Lipinski definition) is 0. The Hall–Kier alpha value is -0.456. The van der Waals surface area contributed by atoms with Crippen LogP contribution in [0.2, 0.25) is 24.2 Å². The van der Waals surface area contributed by atoms with E-state index in [0.29, 0.717) is 11.1 Å². The van der Waals surface area contributed by atoms with Gasteiger partial charge >= 0.3 is 0 Å². The van der Waals surface area contributed by atoms with Gasteiger partial charge < -0.3 is 4.12 Å². The van der Waals surface area contributed by atoms with Crippen molar-refractivity contribution in [1.82, 2.24) is 0 Å². The first-order valence-electron chi connectivity index (χ1n) is 7.18. The summed E-state index contributed by atoms with van der Waals surface area (Å²) in [5.41, 5.74) is 2.54. The van der Waals surface area contributed by atoms with Crippen LogP contribution in [0.15, 0.2) is 18.2 Å². The van der Waals surface area contributed by atoms with Crippen LogP contribution in [0.1, 0.15) is 33.3 Å². The van der Waals surface area contributed by atoms with Gasteiger partial charge in [-0.05, 0) is 53.1 Å². The number of halogens is 1. The Bertz CT molecular complexity index is 475. The lowest BCUT2D eigenvalue weighted by molar-refractivity contribution is 0.491. The van der Waals surface area contributed by atoms with Gasteiger partial charge in [0.1, 0.15) is 5.82 Å². The minimum atomic E-state index is -1.98. The largest absolute Gasteiger partial charge is 0.451 e. The molecule has 0 saturated heterocycles. The molecule has 0 aliphatic carbocycles. The molecule has 1 aromatic rings. The Morgan fingerprint density at radius 2 is 1.68 bits per heavy atom. The first kappa shape index (κ1) is 14.9. The van der Waals surface area contributed by atoms with Gasteiger partial charge in [-0.2, -0.15) is 0 Å². The lowest BCUT2D eigenvalue weighted by Gasteiger charge is -2.49. The van der Waals surface area contributed by atoms with Gasteiger partial charge in [-0.3, -0.25) is 0 Å². The maximum atomic E-state index is 13.5. The van der Waals surface area contributed by atoms with E-state index in [1.165, 1.54) is 5.56 Å². The van der Waals surface area contributed by atoms with Gasteiger partial charge in [0.25, 0.3) is 0 Å². The summed E-state index contributed by atoms with van der Waals surface area (Å²) < 4.78 is 20.3. The van der Waals surface area contributed by atoms with E-state index >= 15 is 0 Å². The van der Waals surface area contributed by atoms with Crippen molar-refractivity contribution < 1.29 is 8.51 Å². The Morgan fingerprint density at radius 3 is 2.21 bits per heavy atom. The van der Waals surface area contributed by atoms with Gasteiger partial charge in [-0.25, -0.2) is 4.39 Å². The smallest absolute Gasteiger partial charge is 0.206 e. The second kappa shape index (κ2) is 4.83. The molecule has 0 unspecified atom stereocenters. The van der Waals surface area contributed by atoms with Crippen LogP contribution in [0.5, 0.6) is 0 Å². The van der Waals surface area contributed by atoms with E-state index in [-0.39, 0.29) is 5.82 Å². The van der Waals surface area contributed by atoms with Gasteiger partial charge in [0, 0.05) is 0 Å². The van der Waals surface area contributed by atoms with Crippen molar-refractivity contribution in [3.63, 3.8) is 0 Å². The van der Waals surface area contributed by atoms with E-state index in [4.69, 9.17) is 4.12 Å². The van der Waals surface area contributed by atoms with Crippen molar-refractivity contribution >= 4 is 21.8 Å². The molecule has 1 aliphatic rings. The first-order chi connectivity index (χ1) is 8.69. The molecule has 0 atom stereocenters. The molecule has 0 aromatic heterocycles. The molecule has 2 rings (SSSR count). The number of hydrogen-bond acceptors (Lipinski definition) is 1. The van der Waals surface area contributed by atoms with Gasteiger partial charge in [-0.1, -0.05) is 33.8 Å². The average Bonchev–Trinajstić information content (AvgIpc) is 2.28. The summed E-state index contributed by atoms with van der Waals surface area (Å²) in [5.74, 6) is -0.133. The fraction of sp³-hybridized carbons (Fsp3) is 0.600. The molecule has 0 fully saturated rings. The monoisotopic (exact) mass is 296 g/mol. The zero-order valence-corrected chi connectivity index (χ0v) is 14.9. The lowest BCUT2D eigenvalue weighted by atomic mass is 10.2. The van der Waals surface area contributed by atoms with Gasteiger partial charge in [0.2, 0.25) is 8.32 Å². The summed E-state index contributed by atoms with van der Waals surface area (Å²) >= 11 is 0. The Kier molecular flexibility index (Phi) is 3.80. The number of fused-ring (bicyclic) bond motifs is 1. The molecular formula is C15H25FOSi2. The van der Waals surface area contributed by atoms with Crippen molar-refractivity contribution in [2.75, 3.05) is 0 Å². The summed E-state index contributed by atoms with van der Waals surface area (Å²) in [4.78, 5) is 0. The summed E-state index contributed by atoms with van der Waals surface area (Å²) in [6.07, 6.45) is 0. The molecule has 19 heavy (non-hydrogen) atoms. The Morgan fingerprint density at radius 1 is 1.11 bits per heavy atom. The third-order valence-corrected chi connectivity index (χ3v) is 14.8.